The fraction of sp³-hybridized carbons (Fsp3) is 0.615. The van der Waals surface area contributed by atoms with Gasteiger partial charge in [-0.2, -0.15) is 5.10 Å². The number of likely N-dealkylation sites (tertiary alicyclic amines) is 1. The summed E-state index contributed by atoms with van der Waals surface area (Å²) in [4.78, 5) is 6.62. The van der Waals surface area contributed by atoms with E-state index >= 15 is 0 Å². The van der Waals surface area contributed by atoms with Crippen molar-refractivity contribution >= 4 is 0 Å². The molecular weight excluding hydrogens is 258 g/mol. The molecule has 3 rings (SSSR count). The van der Waals surface area contributed by atoms with Crippen LogP contribution < -0.4 is 0 Å². The second-order valence-electron chi connectivity index (χ2n) is 5.21. The number of aromatic amines is 1. The summed E-state index contributed by atoms with van der Waals surface area (Å²) in [6.45, 7) is 5.57. The number of nitrogens with zero attached hydrogens (tertiary/aromatic N) is 4. The van der Waals surface area contributed by atoms with E-state index in [0.717, 1.165) is 42.4 Å². The summed E-state index contributed by atoms with van der Waals surface area (Å²) < 4.78 is 10.7. The molecule has 7 heteroatoms. The van der Waals surface area contributed by atoms with Crippen LogP contribution in [0.15, 0.2) is 10.9 Å². The molecule has 0 amide bonds. The highest BCUT2D eigenvalue weighted by atomic mass is 16.5. The number of aryl methyl sites for hydroxylation is 2. The van der Waals surface area contributed by atoms with Gasteiger partial charge in [0.05, 0.1) is 17.8 Å². The minimum atomic E-state index is 0.191. The molecule has 1 saturated heterocycles. The lowest BCUT2D eigenvalue weighted by molar-refractivity contribution is 0.107. The third-order valence-electron chi connectivity index (χ3n) is 3.99. The Morgan fingerprint density at radius 3 is 2.95 bits per heavy atom. The zero-order valence-corrected chi connectivity index (χ0v) is 12.0. The fourth-order valence-corrected chi connectivity index (χ4v) is 2.80. The topological polar surface area (TPSA) is 80.1 Å². The molecule has 1 N–H and O–H groups in total. The van der Waals surface area contributed by atoms with Gasteiger partial charge in [-0.05, 0) is 20.3 Å². The largest absolute Gasteiger partial charge is 0.380 e. The second kappa shape index (κ2) is 5.34. The molecule has 2 aromatic rings. The lowest BCUT2D eigenvalue weighted by Gasteiger charge is -2.21. The molecular formula is C13H19N5O2. The molecule has 0 radical (unpaired) electrons. The fourth-order valence-electron chi connectivity index (χ4n) is 2.80. The van der Waals surface area contributed by atoms with Crippen molar-refractivity contribution in [3.8, 4) is 0 Å². The van der Waals surface area contributed by atoms with E-state index in [9.17, 15) is 0 Å². The van der Waals surface area contributed by atoms with Crippen molar-refractivity contribution in [1.82, 2.24) is 25.2 Å². The molecule has 7 nitrogen and oxygen atoms in total. The molecule has 108 valence electrons. The Bertz CT molecular complexity index is 546. The number of nitrogens with one attached hydrogen (secondary N) is 1. The smallest absolute Gasteiger partial charge is 0.141 e. The third kappa shape index (κ3) is 2.34. The molecule has 3 heterocycles. The van der Waals surface area contributed by atoms with E-state index in [-0.39, 0.29) is 12.1 Å². The van der Waals surface area contributed by atoms with Crippen LogP contribution >= 0.6 is 0 Å². The summed E-state index contributed by atoms with van der Waals surface area (Å²) in [6.07, 6.45) is 2.67. The number of rotatable bonds is 4. The highest BCUT2D eigenvalue weighted by Crippen LogP contribution is 2.33. The van der Waals surface area contributed by atoms with Crippen molar-refractivity contribution in [2.24, 2.45) is 0 Å². The van der Waals surface area contributed by atoms with Gasteiger partial charge in [-0.25, -0.2) is 4.98 Å². The van der Waals surface area contributed by atoms with Gasteiger partial charge in [-0.1, -0.05) is 5.16 Å². The summed E-state index contributed by atoms with van der Waals surface area (Å²) >= 11 is 0. The molecule has 1 fully saturated rings. The Morgan fingerprint density at radius 2 is 2.35 bits per heavy atom. The Balaban J connectivity index is 1.83. The van der Waals surface area contributed by atoms with Gasteiger partial charge in [0.15, 0.2) is 0 Å². The molecule has 1 aliphatic heterocycles. The van der Waals surface area contributed by atoms with Crippen LogP contribution in [0.25, 0.3) is 0 Å². The number of hydrogen-bond donors (Lipinski definition) is 1. The van der Waals surface area contributed by atoms with Crippen LogP contribution in [0.1, 0.15) is 35.3 Å². The maximum absolute atomic E-state index is 5.51. The van der Waals surface area contributed by atoms with Gasteiger partial charge in [0, 0.05) is 25.8 Å². The molecule has 0 saturated carbocycles. The first-order chi connectivity index (χ1) is 9.69. The van der Waals surface area contributed by atoms with Crippen molar-refractivity contribution in [2.75, 3.05) is 13.7 Å². The Kier molecular flexibility index (Phi) is 3.54. The SMILES string of the molecule is CO[C@@H]1C[C@@H](c2ncn[nH]2)N(Cc2c(C)noc2C)C1. The lowest BCUT2D eigenvalue weighted by Crippen LogP contribution is -2.25. The molecule has 0 bridgehead atoms. The number of H-pyrrole nitrogens is 1. The summed E-state index contributed by atoms with van der Waals surface area (Å²) in [6, 6.07) is 0.191. The van der Waals surface area contributed by atoms with Gasteiger partial charge in [0.25, 0.3) is 0 Å². The van der Waals surface area contributed by atoms with Crippen LogP contribution in [0.2, 0.25) is 0 Å². The van der Waals surface area contributed by atoms with Crippen molar-refractivity contribution in [3.05, 3.63) is 29.2 Å². The third-order valence-corrected chi connectivity index (χ3v) is 3.99. The highest BCUT2D eigenvalue weighted by Gasteiger charge is 2.35. The molecule has 1 aliphatic rings. The van der Waals surface area contributed by atoms with Crippen molar-refractivity contribution in [3.63, 3.8) is 0 Å². The van der Waals surface area contributed by atoms with Crippen LogP contribution in [0, 0.1) is 13.8 Å². The van der Waals surface area contributed by atoms with Crippen molar-refractivity contribution in [1.29, 1.82) is 0 Å². The minimum absolute atomic E-state index is 0.191. The predicted octanol–water partition coefficient (Wildman–Crippen LogP) is 1.37. The first-order valence-electron chi connectivity index (χ1n) is 6.73. The minimum Gasteiger partial charge on any atom is -0.380 e. The van der Waals surface area contributed by atoms with Gasteiger partial charge >= 0.3 is 0 Å². The monoisotopic (exact) mass is 277 g/mol. The van der Waals surface area contributed by atoms with Crippen LogP contribution in [0.3, 0.4) is 0 Å². The predicted molar refractivity (Wildman–Crippen MR) is 70.9 cm³/mol. The summed E-state index contributed by atoms with van der Waals surface area (Å²) in [7, 11) is 1.75. The molecule has 0 aliphatic carbocycles. The summed E-state index contributed by atoms with van der Waals surface area (Å²) in [5, 5.41) is 10.9. The zero-order valence-electron chi connectivity index (χ0n) is 12.0. The number of hydrogen-bond acceptors (Lipinski definition) is 6. The Hall–Kier alpha value is -1.73. The van der Waals surface area contributed by atoms with Gasteiger partial charge in [0.2, 0.25) is 0 Å². The molecule has 0 spiro atoms. The summed E-state index contributed by atoms with van der Waals surface area (Å²) in [5.74, 6) is 1.76. The normalized spacial score (nSPS) is 23.6. The Morgan fingerprint density at radius 1 is 1.50 bits per heavy atom. The van der Waals surface area contributed by atoms with Crippen LogP contribution in [-0.4, -0.2) is 45.0 Å². The van der Waals surface area contributed by atoms with E-state index < -0.39 is 0 Å². The number of ether oxygens (including phenoxy) is 1. The van der Waals surface area contributed by atoms with Gasteiger partial charge in [-0.15, -0.1) is 0 Å². The average Bonchev–Trinajstić information content (AvgIpc) is 3.14. The van der Waals surface area contributed by atoms with Crippen LogP contribution in [0.4, 0.5) is 0 Å². The molecule has 20 heavy (non-hydrogen) atoms. The van der Waals surface area contributed by atoms with Crippen molar-refractivity contribution < 1.29 is 9.26 Å². The molecule has 0 unspecified atom stereocenters. The summed E-state index contributed by atoms with van der Waals surface area (Å²) in [5.41, 5.74) is 2.09. The van der Waals surface area contributed by atoms with E-state index in [1.807, 2.05) is 13.8 Å². The first kappa shape index (κ1) is 13.3. The lowest BCUT2D eigenvalue weighted by atomic mass is 10.1. The van der Waals surface area contributed by atoms with E-state index in [4.69, 9.17) is 9.26 Å². The number of methoxy groups -OCH3 is 1. The van der Waals surface area contributed by atoms with Crippen LogP contribution in [-0.2, 0) is 11.3 Å². The maximum atomic E-state index is 5.51. The molecule has 2 atom stereocenters. The maximum Gasteiger partial charge on any atom is 0.141 e. The first-order valence-corrected chi connectivity index (χ1v) is 6.73. The number of aromatic nitrogens is 4. The van der Waals surface area contributed by atoms with E-state index in [2.05, 4.69) is 25.2 Å². The van der Waals surface area contributed by atoms with Crippen LogP contribution in [0.5, 0.6) is 0 Å². The van der Waals surface area contributed by atoms with Gasteiger partial charge in [0.1, 0.15) is 17.9 Å². The Labute approximate surface area is 117 Å². The van der Waals surface area contributed by atoms with Gasteiger partial charge < -0.3 is 9.26 Å². The standard InChI is InChI=1S/C13H19N5O2/c1-8-11(9(2)20-17-8)6-18-5-10(19-3)4-12(18)13-14-7-15-16-13/h7,10,12H,4-6H2,1-3H3,(H,14,15,16)/t10-,12+/m1/s1. The molecule has 0 aromatic carbocycles. The quantitative estimate of drug-likeness (QED) is 0.909. The zero-order chi connectivity index (χ0) is 14.1. The van der Waals surface area contributed by atoms with Gasteiger partial charge in [-0.3, -0.25) is 10.00 Å². The van der Waals surface area contributed by atoms with E-state index in [0.29, 0.717) is 0 Å². The van der Waals surface area contributed by atoms with Crippen molar-refractivity contribution in [2.45, 2.75) is 39.0 Å². The van der Waals surface area contributed by atoms with E-state index in [1.165, 1.54) is 0 Å². The highest BCUT2D eigenvalue weighted by molar-refractivity contribution is 5.21. The molecule has 2 aromatic heterocycles. The average molecular weight is 277 g/mol. The van der Waals surface area contributed by atoms with E-state index in [1.54, 1.807) is 13.4 Å². The second-order valence-corrected chi connectivity index (χ2v) is 5.21.